The highest BCUT2D eigenvalue weighted by Crippen LogP contribution is 2.27. The second-order valence-corrected chi connectivity index (χ2v) is 8.14. The van der Waals surface area contributed by atoms with Gasteiger partial charge in [-0.15, -0.1) is 0 Å². The number of carbonyl (C=O) groups is 2. The van der Waals surface area contributed by atoms with Gasteiger partial charge in [-0.3, -0.25) is 4.79 Å². The van der Waals surface area contributed by atoms with Crippen LogP contribution in [0.3, 0.4) is 0 Å². The van der Waals surface area contributed by atoms with Crippen molar-refractivity contribution in [1.29, 1.82) is 0 Å². The van der Waals surface area contributed by atoms with Crippen LogP contribution in [0.25, 0.3) is 17.1 Å². The Balaban J connectivity index is 1.48. The Kier molecular flexibility index (Phi) is 7.46. The number of phenolic OH excluding ortho intramolecular Hbond substituents is 1. The van der Waals surface area contributed by atoms with Crippen LogP contribution in [0.1, 0.15) is 52.1 Å². The number of aromatic nitrogens is 2. The van der Waals surface area contributed by atoms with Crippen molar-refractivity contribution in [3.63, 3.8) is 0 Å². The number of imidazole rings is 1. The SMILES string of the molecule is CCOC(C)C(Oc1ccc(C=CC(=O)c2ccc(C(=O)O)cc2O)cc1)c1nc2ccccc2[nH]1. The number of aromatic hydroxyl groups is 1. The van der Waals surface area contributed by atoms with E-state index in [9.17, 15) is 14.7 Å². The number of para-hydroxylation sites is 2. The van der Waals surface area contributed by atoms with Gasteiger partial charge >= 0.3 is 5.97 Å². The number of hydrogen-bond donors (Lipinski definition) is 3. The molecule has 0 bridgehead atoms. The lowest BCUT2D eigenvalue weighted by atomic mass is 10.1. The maximum atomic E-state index is 12.5. The second kappa shape index (κ2) is 10.9. The third-order valence-corrected chi connectivity index (χ3v) is 5.61. The fourth-order valence-corrected chi connectivity index (χ4v) is 3.77. The van der Waals surface area contributed by atoms with Crippen LogP contribution in [0.15, 0.2) is 72.8 Å². The maximum absolute atomic E-state index is 12.5. The summed E-state index contributed by atoms with van der Waals surface area (Å²) >= 11 is 0. The first-order chi connectivity index (χ1) is 17.4. The molecular formula is C28H26N2O6. The van der Waals surface area contributed by atoms with Crippen molar-refractivity contribution >= 4 is 28.9 Å². The summed E-state index contributed by atoms with van der Waals surface area (Å²) in [4.78, 5) is 31.4. The largest absolute Gasteiger partial charge is 0.507 e. The Morgan fingerprint density at radius 1 is 1.08 bits per heavy atom. The highest BCUT2D eigenvalue weighted by Gasteiger charge is 2.25. The highest BCUT2D eigenvalue weighted by molar-refractivity contribution is 6.09. The molecule has 1 heterocycles. The fourth-order valence-electron chi connectivity index (χ4n) is 3.77. The van der Waals surface area contributed by atoms with Gasteiger partial charge in [-0.25, -0.2) is 9.78 Å². The number of aromatic carboxylic acids is 1. The molecule has 0 spiro atoms. The van der Waals surface area contributed by atoms with Gasteiger partial charge in [-0.2, -0.15) is 0 Å². The van der Waals surface area contributed by atoms with Crippen molar-refractivity contribution in [1.82, 2.24) is 9.97 Å². The number of aromatic amines is 1. The summed E-state index contributed by atoms with van der Waals surface area (Å²) in [6.07, 6.45) is 2.21. The molecule has 8 nitrogen and oxygen atoms in total. The first kappa shape index (κ1) is 24.7. The summed E-state index contributed by atoms with van der Waals surface area (Å²) in [5.41, 5.74) is 2.44. The molecule has 8 heteroatoms. The molecule has 0 aliphatic carbocycles. The zero-order valence-electron chi connectivity index (χ0n) is 19.8. The van der Waals surface area contributed by atoms with E-state index in [-0.39, 0.29) is 23.0 Å². The first-order valence-corrected chi connectivity index (χ1v) is 11.5. The van der Waals surface area contributed by atoms with E-state index >= 15 is 0 Å². The molecule has 0 aliphatic rings. The summed E-state index contributed by atoms with van der Waals surface area (Å²) in [5, 5.41) is 19.0. The summed E-state index contributed by atoms with van der Waals surface area (Å²) in [6, 6.07) is 18.6. The van der Waals surface area contributed by atoms with Gasteiger partial charge in [0.05, 0.1) is 28.3 Å². The third-order valence-electron chi connectivity index (χ3n) is 5.61. The van der Waals surface area contributed by atoms with Gasteiger partial charge in [0.25, 0.3) is 0 Å². The average Bonchev–Trinajstić information content (AvgIpc) is 3.30. The van der Waals surface area contributed by atoms with E-state index < -0.39 is 17.9 Å². The number of hydrogen-bond acceptors (Lipinski definition) is 6. The molecule has 1 aromatic heterocycles. The number of carboxylic acid groups (broad SMARTS) is 1. The van der Waals surface area contributed by atoms with Gasteiger partial charge in [0, 0.05) is 6.61 Å². The number of nitrogens with one attached hydrogen (secondary N) is 1. The monoisotopic (exact) mass is 486 g/mol. The third kappa shape index (κ3) is 5.61. The molecule has 184 valence electrons. The van der Waals surface area contributed by atoms with Crippen LogP contribution in [0.5, 0.6) is 11.5 Å². The quantitative estimate of drug-likeness (QED) is 0.202. The number of carboxylic acids is 1. The normalized spacial score (nSPS) is 13.1. The Labute approximate surface area is 207 Å². The van der Waals surface area contributed by atoms with Crippen LogP contribution in [0.4, 0.5) is 0 Å². The highest BCUT2D eigenvalue weighted by atomic mass is 16.5. The number of carbonyl (C=O) groups excluding carboxylic acids is 1. The molecule has 2 atom stereocenters. The van der Waals surface area contributed by atoms with Crippen molar-refractivity contribution in [3.05, 3.63) is 95.3 Å². The molecule has 4 aromatic rings. The van der Waals surface area contributed by atoms with Crippen molar-refractivity contribution < 1.29 is 29.3 Å². The van der Waals surface area contributed by atoms with E-state index in [1.54, 1.807) is 30.3 Å². The molecule has 3 N–H and O–H groups in total. The van der Waals surface area contributed by atoms with Crippen LogP contribution < -0.4 is 4.74 Å². The Bertz CT molecular complexity index is 1370. The number of rotatable bonds is 10. The van der Waals surface area contributed by atoms with Crippen LogP contribution in [-0.4, -0.2) is 44.6 Å². The van der Waals surface area contributed by atoms with E-state index in [0.717, 1.165) is 22.7 Å². The van der Waals surface area contributed by atoms with Crippen LogP contribution in [-0.2, 0) is 4.74 Å². The van der Waals surface area contributed by atoms with Crippen molar-refractivity contribution in [2.24, 2.45) is 0 Å². The Hall–Kier alpha value is -4.43. The number of nitrogens with zero attached hydrogens (tertiary/aromatic N) is 1. The minimum absolute atomic E-state index is 0.0230. The lowest BCUT2D eigenvalue weighted by Gasteiger charge is -2.23. The van der Waals surface area contributed by atoms with E-state index in [4.69, 9.17) is 14.6 Å². The molecule has 0 amide bonds. The number of ketones is 1. The van der Waals surface area contributed by atoms with E-state index in [1.165, 1.54) is 18.2 Å². The van der Waals surface area contributed by atoms with Crippen molar-refractivity contribution in [2.75, 3.05) is 6.61 Å². The molecule has 36 heavy (non-hydrogen) atoms. The lowest BCUT2D eigenvalue weighted by Crippen LogP contribution is -2.25. The zero-order chi connectivity index (χ0) is 25.7. The van der Waals surface area contributed by atoms with Crippen LogP contribution in [0.2, 0.25) is 0 Å². The summed E-state index contributed by atoms with van der Waals surface area (Å²) in [5.74, 6) is -0.730. The van der Waals surface area contributed by atoms with Crippen molar-refractivity contribution in [2.45, 2.75) is 26.1 Å². The molecule has 2 unspecified atom stereocenters. The molecular weight excluding hydrogens is 460 g/mol. The molecule has 0 saturated carbocycles. The Morgan fingerprint density at radius 3 is 2.50 bits per heavy atom. The molecule has 0 radical (unpaired) electrons. The summed E-state index contributed by atoms with van der Waals surface area (Å²) in [6.45, 7) is 4.39. The number of allylic oxidation sites excluding steroid dienone is 1. The molecule has 4 rings (SSSR count). The maximum Gasteiger partial charge on any atom is 0.335 e. The number of ether oxygens (including phenoxy) is 2. The summed E-state index contributed by atoms with van der Waals surface area (Å²) < 4.78 is 12.1. The van der Waals surface area contributed by atoms with E-state index in [1.807, 2.05) is 38.1 Å². The van der Waals surface area contributed by atoms with Crippen LogP contribution in [0, 0.1) is 0 Å². The number of fused-ring (bicyclic) bond motifs is 1. The Morgan fingerprint density at radius 2 is 1.83 bits per heavy atom. The van der Waals surface area contributed by atoms with Gasteiger partial charge < -0.3 is 24.7 Å². The molecule has 0 fully saturated rings. The molecule has 0 aliphatic heterocycles. The average molecular weight is 487 g/mol. The topological polar surface area (TPSA) is 122 Å². The van der Waals surface area contributed by atoms with Crippen molar-refractivity contribution in [3.8, 4) is 11.5 Å². The van der Waals surface area contributed by atoms with Gasteiger partial charge in [0.15, 0.2) is 17.7 Å². The predicted molar refractivity (Wildman–Crippen MR) is 135 cm³/mol. The molecule has 3 aromatic carbocycles. The fraction of sp³-hybridized carbons (Fsp3) is 0.179. The number of H-pyrrole nitrogens is 1. The summed E-state index contributed by atoms with van der Waals surface area (Å²) in [7, 11) is 0. The van der Waals surface area contributed by atoms with E-state index in [2.05, 4.69) is 9.97 Å². The number of phenols is 1. The first-order valence-electron chi connectivity index (χ1n) is 11.5. The smallest absolute Gasteiger partial charge is 0.335 e. The van der Waals surface area contributed by atoms with Gasteiger partial charge in [0.2, 0.25) is 0 Å². The minimum Gasteiger partial charge on any atom is -0.507 e. The second-order valence-electron chi connectivity index (χ2n) is 8.14. The van der Waals surface area contributed by atoms with Crippen LogP contribution >= 0.6 is 0 Å². The number of benzene rings is 3. The zero-order valence-corrected chi connectivity index (χ0v) is 19.8. The molecule has 0 saturated heterocycles. The van der Waals surface area contributed by atoms with E-state index in [0.29, 0.717) is 18.2 Å². The lowest BCUT2D eigenvalue weighted by molar-refractivity contribution is -0.0136. The minimum atomic E-state index is -1.18. The van der Waals surface area contributed by atoms with Gasteiger partial charge in [-0.1, -0.05) is 30.3 Å². The van der Waals surface area contributed by atoms with Gasteiger partial charge in [0.1, 0.15) is 11.5 Å². The predicted octanol–water partition coefficient (Wildman–Crippen LogP) is 5.41. The van der Waals surface area contributed by atoms with Gasteiger partial charge in [-0.05, 0) is 68.0 Å². The standard InChI is InChI=1S/C28H26N2O6/c1-3-35-17(2)26(27-29-22-6-4-5-7-23(22)30-27)36-20-12-8-18(9-13-20)10-15-24(31)21-14-11-19(28(33)34)16-25(21)32/h4-17,26,32H,3H2,1-2H3,(H,29,30)(H,33,34).